The third-order valence-electron chi connectivity index (χ3n) is 3.94. The van der Waals surface area contributed by atoms with E-state index in [1.165, 1.54) is 45.6 Å². The Hall–Kier alpha value is -1.57. The molecule has 0 amide bonds. The van der Waals surface area contributed by atoms with Crippen LogP contribution < -0.4 is 0 Å². The molecular formula is C23H38O2. The minimum atomic E-state index is -0.123. The first-order valence-electron chi connectivity index (χ1n) is 9.98. The molecule has 142 valence electrons. The van der Waals surface area contributed by atoms with E-state index >= 15 is 0 Å². The molecule has 0 rings (SSSR count). The van der Waals surface area contributed by atoms with E-state index < -0.39 is 0 Å². The van der Waals surface area contributed by atoms with Crippen molar-refractivity contribution in [3.63, 3.8) is 0 Å². The van der Waals surface area contributed by atoms with Gasteiger partial charge in [0.2, 0.25) is 0 Å². The van der Waals surface area contributed by atoms with E-state index in [1.54, 1.807) is 0 Å². The van der Waals surface area contributed by atoms with Gasteiger partial charge in [0.15, 0.2) is 0 Å². The number of esters is 1. The number of rotatable bonds is 16. The Morgan fingerprint density at radius 1 is 0.680 bits per heavy atom. The largest absolute Gasteiger partial charge is 0.469 e. The summed E-state index contributed by atoms with van der Waals surface area (Å²) >= 11 is 0. The molecule has 0 aromatic rings. The molecule has 0 bridgehead atoms. The van der Waals surface area contributed by atoms with E-state index in [2.05, 4.69) is 60.3 Å². The van der Waals surface area contributed by atoms with Crippen LogP contribution in [0.1, 0.15) is 84.0 Å². The molecule has 0 fully saturated rings. The zero-order valence-corrected chi connectivity index (χ0v) is 16.4. The van der Waals surface area contributed by atoms with Crippen LogP contribution in [0.2, 0.25) is 0 Å². The monoisotopic (exact) mass is 346 g/mol. The molecule has 0 unspecified atom stereocenters. The van der Waals surface area contributed by atoms with Crippen LogP contribution in [0.15, 0.2) is 48.6 Å². The fraction of sp³-hybridized carbons (Fsp3) is 0.609. The SMILES string of the molecule is CCCCCCC/C=C\C/C=C\C/C=C\C/C=C\CCCC(=O)OC. The number of unbranched alkanes of at least 4 members (excludes halogenated alkanes) is 6. The maximum absolute atomic E-state index is 10.9. The fourth-order valence-corrected chi connectivity index (χ4v) is 2.38. The molecular weight excluding hydrogens is 308 g/mol. The average Bonchev–Trinajstić information content (AvgIpc) is 2.63. The summed E-state index contributed by atoms with van der Waals surface area (Å²) in [5.74, 6) is -0.123. The minimum Gasteiger partial charge on any atom is -0.469 e. The molecule has 0 aromatic carbocycles. The first-order valence-corrected chi connectivity index (χ1v) is 9.98. The maximum atomic E-state index is 10.9. The predicted molar refractivity (Wildman–Crippen MR) is 110 cm³/mol. The van der Waals surface area contributed by atoms with Crippen molar-refractivity contribution in [2.75, 3.05) is 7.11 Å². The first kappa shape index (κ1) is 23.4. The Bertz CT molecular complexity index is 402. The zero-order valence-electron chi connectivity index (χ0n) is 16.4. The molecule has 0 aliphatic heterocycles. The lowest BCUT2D eigenvalue weighted by molar-refractivity contribution is -0.140. The number of carbonyl (C=O) groups is 1. The summed E-state index contributed by atoms with van der Waals surface area (Å²) in [6, 6.07) is 0. The lowest BCUT2D eigenvalue weighted by atomic mass is 10.1. The predicted octanol–water partition coefficient (Wildman–Crippen LogP) is 7.09. The van der Waals surface area contributed by atoms with Crippen LogP contribution in [-0.2, 0) is 9.53 Å². The van der Waals surface area contributed by atoms with Crippen molar-refractivity contribution in [1.82, 2.24) is 0 Å². The lowest BCUT2D eigenvalue weighted by Gasteiger charge is -1.95. The molecule has 0 N–H and O–H groups in total. The van der Waals surface area contributed by atoms with Crippen LogP contribution in [0.3, 0.4) is 0 Å². The van der Waals surface area contributed by atoms with Gasteiger partial charge in [-0.25, -0.2) is 0 Å². The molecule has 2 nitrogen and oxygen atoms in total. The summed E-state index contributed by atoms with van der Waals surface area (Å²) in [7, 11) is 1.43. The van der Waals surface area contributed by atoms with Gasteiger partial charge in [0.1, 0.15) is 0 Å². The van der Waals surface area contributed by atoms with E-state index in [4.69, 9.17) is 0 Å². The molecule has 25 heavy (non-hydrogen) atoms. The molecule has 0 aromatic heterocycles. The summed E-state index contributed by atoms with van der Waals surface area (Å²) in [5, 5.41) is 0. The summed E-state index contributed by atoms with van der Waals surface area (Å²) in [6.07, 6.45) is 31.1. The topological polar surface area (TPSA) is 26.3 Å². The smallest absolute Gasteiger partial charge is 0.305 e. The molecule has 0 heterocycles. The summed E-state index contributed by atoms with van der Waals surface area (Å²) in [6.45, 7) is 2.26. The highest BCUT2D eigenvalue weighted by Gasteiger charge is 1.96. The van der Waals surface area contributed by atoms with Crippen molar-refractivity contribution in [2.45, 2.75) is 84.0 Å². The Balaban J connectivity index is 3.40. The second kappa shape index (κ2) is 20.5. The maximum Gasteiger partial charge on any atom is 0.305 e. The van der Waals surface area contributed by atoms with Gasteiger partial charge in [0.25, 0.3) is 0 Å². The summed E-state index contributed by atoms with van der Waals surface area (Å²) < 4.78 is 4.60. The van der Waals surface area contributed by atoms with E-state index in [0.29, 0.717) is 6.42 Å². The van der Waals surface area contributed by atoms with Crippen LogP contribution in [0.5, 0.6) is 0 Å². The summed E-state index contributed by atoms with van der Waals surface area (Å²) in [5.41, 5.74) is 0. The van der Waals surface area contributed by atoms with Gasteiger partial charge in [-0.1, -0.05) is 81.2 Å². The second-order valence-electron chi connectivity index (χ2n) is 6.26. The normalized spacial score (nSPS) is 12.2. The van der Waals surface area contributed by atoms with Gasteiger partial charge < -0.3 is 4.74 Å². The van der Waals surface area contributed by atoms with Gasteiger partial charge in [-0.15, -0.1) is 0 Å². The molecule has 0 atom stereocenters. The number of hydrogen-bond acceptors (Lipinski definition) is 2. The molecule has 0 saturated carbocycles. The van der Waals surface area contributed by atoms with Crippen molar-refractivity contribution in [1.29, 1.82) is 0 Å². The van der Waals surface area contributed by atoms with E-state index in [0.717, 1.165) is 32.1 Å². The van der Waals surface area contributed by atoms with Crippen LogP contribution >= 0.6 is 0 Å². The quantitative estimate of drug-likeness (QED) is 0.169. The van der Waals surface area contributed by atoms with Crippen LogP contribution in [0.4, 0.5) is 0 Å². The first-order chi connectivity index (χ1) is 12.3. The Morgan fingerprint density at radius 2 is 1.16 bits per heavy atom. The molecule has 0 radical (unpaired) electrons. The van der Waals surface area contributed by atoms with Crippen LogP contribution in [0, 0.1) is 0 Å². The number of ether oxygens (including phenoxy) is 1. The van der Waals surface area contributed by atoms with Crippen molar-refractivity contribution in [3.8, 4) is 0 Å². The highest BCUT2D eigenvalue weighted by atomic mass is 16.5. The van der Waals surface area contributed by atoms with E-state index in [1.807, 2.05) is 0 Å². The average molecular weight is 347 g/mol. The Morgan fingerprint density at radius 3 is 1.68 bits per heavy atom. The third kappa shape index (κ3) is 20.4. The van der Waals surface area contributed by atoms with E-state index in [9.17, 15) is 4.79 Å². The van der Waals surface area contributed by atoms with Gasteiger partial charge in [-0.2, -0.15) is 0 Å². The Kier molecular flexibility index (Phi) is 19.2. The highest BCUT2D eigenvalue weighted by Crippen LogP contribution is 2.05. The lowest BCUT2D eigenvalue weighted by Crippen LogP contribution is -1.98. The van der Waals surface area contributed by atoms with Gasteiger partial charge in [0, 0.05) is 6.42 Å². The van der Waals surface area contributed by atoms with E-state index in [-0.39, 0.29) is 5.97 Å². The number of carbonyl (C=O) groups excluding carboxylic acids is 1. The van der Waals surface area contributed by atoms with Gasteiger partial charge in [0.05, 0.1) is 7.11 Å². The minimum absolute atomic E-state index is 0.123. The van der Waals surface area contributed by atoms with Crippen molar-refractivity contribution >= 4 is 5.97 Å². The number of methoxy groups -OCH3 is 1. The molecule has 0 aliphatic carbocycles. The number of hydrogen-bond donors (Lipinski definition) is 0. The van der Waals surface area contributed by atoms with Crippen molar-refractivity contribution in [3.05, 3.63) is 48.6 Å². The molecule has 2 heteroatoms. The standard InChI is InChI=1S/C23H38O2/c1-3-4-5-6-7-8-9-10-11-12-13-14-15-16-17-18-19-20-21-22-23(24)25-2/h9-10,12-13,15-16,18-19H,3-8,11,14,17,20-22H2,1-2H3/b10-9-,13-12-,16-15-,19-18-. The zero-order chi connectivity index (χ0) is 18.4. The summed E-state index contributed by atoms with van der Waals surface area (Å²) in [4.78, 5) is 10.9. The van der Waals surface area contributed by atoms with Gasteiger partial charge in [-0.05, 0) is 44.9 Å². The molecule has 0 spiro atoms. The highest BCUT2D eigenvalue weighted by molar-refractivity contribution is 5.69. The second-order valence-corrected chi connectivity index (χ2v) is 6.26. The van der Waals surface area contributed by atoms with Crippen LogP contribution in [0.25, 0.3) is 0 Å². The number of allylic oxidation sites excluding steroid dienone is 8. The fourth-order valence-electron chi connectivity index (χ4n) is 2.38. The van der Waals surface area contributed by atoms with Gasteiger partial charge in [-0.3, -0.25) is 4.79 Å². The molecule has 0 aliphatic rings. The van der Waals surface area contributed by atoms with Crippen LogP contribution in [-0.4, -0.2) is 13.1 Å². The van der Waals surface area contributed by atoms with Gasteiger partial charge >= 0.3 is 5.97 Å². The van der Waals surface area contributed by atoms with Crippen molar-refractivity contribution < 1.29 is 9.53 Å². The van der Waals surface area contributed by atoms with Crippen molar-refractivity contribution in [2.24, 2.45) is 0 Å². The third-order valence-corrected chi connectivity index (χ3v) is 3.94. The molecule has 0 saturated heterocycles. The Labute approximate surface area is 155 Å².